The van der Waals surface area contributed by atoms with Crippen molar-refractivity contribution >= 4 is 35.1 Å². The van der Waals surface area contributed by atoms with Gasteiger partial charge in [0.15, 0.2) is 10.1 Å². The summed E-state index contributed by atoms with van der Waals surface area (Å²) in [7, 11) is 0. The third kappa shape index (κ3) is 5.00. The van der Waals surface area contributed by atoms with Gasteiger partial charge in [0.1, 0.15) is 13.2 Å². The summed E-state index contributed by atoms with van der Waals surface area (Å²) >= 11 is 11.0. The highest BCUT2D eigenvalue weighted by molar-refractivity contribution is 6.53. The van der Waals surface area contributed by atoms with Crippen LogP contribution in [-0.2, 0) is 19.1 Å². The zero-order valence-electron chi connectivity index (χ0n) is 8.37. The summed E-state index contributed by atoms with van der Waals surface area (Å²) in [5.41, 5.74) is 0. The van der Waals surface area contributed by atoms with E-state index in [1.165, 1.54) is 12.2 Å². The first-order chi connectivity index (χ1) is 7.54. The van der Waals surface area contributed by atoms with Gasteiger partial charge >= 0.3 is 11.9 Å². The van der Waals surface area contributed by atoms with E-state index < -0.39 is 22.0 Å². The molecule has 0 saturated heterocycles. The Kier molecular flexibility index (Phi) is 7.33. The quantitative estimate of drug-likeness (QED) is 0.419. The van der Waals surface area contributed by atoms with Gasteiger partial charge in [0.25, 0.3) is 0 Å². The molecule has 0 heterocycles. The van der Waals surface area contributed by atoms with E-state index >= 15 is 0 Å². The van der Waals surface area contributed by atoms with Gasteiger partial charge in [0.05, 0.1) is 0 Å². The molecule has 0 aromatic heterocycles. The molecule has 0 spiro atoms. The Hall–Kier alpha value is -1.26. The Morgan fingerprint density at radius 1 is 0.938 bits per heavy atom. The Balaban J connectivity index is 4.54. The minimum atomic E-state index is -0.915. The van der Waals surface area contributed by atoms with Gasteiger partial charge in [-0.15, -0.1) is 0 Å². The van der Waals surface area contributed by atoms with E-state index in [0.29, 0.717) is 0 Å². The van der Waals surface area contributed by atoms with E-state index in [0.717, 1.165) is 0 Å². The highest BCUT2D eigenvalue weighted by Gasteiger charge is 2.19. The van der Waals surface area contributed by atoms with Crippen molar-refractivity contribution in [1.29, 1.82) is 0 Å². The fourth-order valence-corrected chi connectivity index (χ4v) is 0.839. The zero-order valence-corrected chi connectivity index (χ0v) is 9.88. The molecular weight excluding hydrogens is 255 g/mol. The smallest absolute Gasteiger partial charge is 0.351 e. The minimum absolute atomic E-state index is 0.0269. The molecule has 0 aromatic rings. The molecule has 0 aliphatic carbocycles. The molecule has 0 fully saturated rings. The number of hydrogen-bond donors (Lipinski definition) is 0. The first kappa shape index (κ1) is 14.7. The maximum atomic E-state index is 11.1. The molecule has 0 unspecified atom stereocenters. The molecule has 88 valence electrons. The Morgan fingerprint density at radius 3 is 1.50 bits per heavy atom. The third-order valence-corrected chi connectivity index (χ3v) is 2.00. The number of ether oxygens (including phenoxy) is 2. The maximum Gasteiger partial charge on any atom is 0.351 e. The fraction of sp³-hybridized carbons (Fsp3) is 0.200. The number of halogens is 2. The van der Waals surface area contributed by atoms with Crippen molar-refractivity contribution in [1.82, 2.24) is 0 Å². The van der Waals surface area contributed by atoms with Gasteiger partial charge in [-0.3, -0.25) is 0 Å². The van der Waals surface area contributed by atoms with Crippen LogP contribution in [0.25, 0.3) is 0 Å². The monoisotopic (exact) mass is 264 g/mol. The lowest BCUT2D eigenvalue weighted by Gasteiger charge is -2.03. The van der Waals surface area contributed by atoms with E-state index in [9.17, 15) is 9.59 Å². The summed E-state index contributed by atoms with van der Waals surface area (Å²) in [5, 5.41) is -1.06. The van der Waals surface area contributed by atoms with Crippen LogP contribution in [0.4, 0.5) is 0 Å². The number of hydrogen-bond acceptors (Lipinski definition) is 4. The van der Waals surface area contributed by atoms with Crippen molar-refractivity contribution in [3.63, 3.8) is 0 Å². The highest BCUT2D eigenvalue weighted by Crippen LogP contribution is 2.17. The molecule has 0 aliphatic rings. The van der Waals surface area contributed by atoms with Gasteiger partial charge in [-0.25, -0.2) is 9.59 Å². The van der Waals surface area contributed by atoms with Crippen molar-refractivity contribution in [3.05, 3.63) is 35.4 Å². The Morgan fingerprint density at radius 2 is 1.25 bits per heavy atom. The molecule has 0 aromatic carbocycles. The second-order valence-electron chi connectivity index (χ2n) is 2.40. The van der Waals surface area contributed by atoms with Gasteiger partial charge in [0.2, 0.25) is 0 Å². The van der Waals surface area contributed by atoms with Crippen LogP contribution >= 0.6 is 23.2 Å². The van der Waals surface area contributed by atoms with Crippen molar-refractivity contribution in [3.8, 4) is 0 Å². The first-order valence-corrected chi connectivity index (χ1v) is 4.91. The van der Waals surface area contributed by atoms with Crippen molar-refractivity contribution < 1.29 is 19.1 Å². The molecule has 0 atom stereocenters. The normalized spacial score (nSPS) is 11.1. The fourth-order valence-electron chi connectivity index (χ4n) is 0.575. The predicted octanol–water partition coefficient (Wildman–Crippen LogP) is 2.13. The summed E-state index contributed by atoms with van der Waals surface area (Å²) in [6.45, 7) is 6.63. The second-order valence-corrected chi connectivity index (χ2v) is 3.16. The lowest BCUT2D eigenvalue weighted by Crippen LogP contribution is -2.11. The predicted molar refractivity (Wildman–Crippen MR) is 61.0 cm³/mol. The molecule has 0 N–H and O–H groups in total. The SMILES string of the molecule is C=CCOC(=O)/C(Cl)=C(\Cl)C(=O)OCC=C. The topological polar surface area (TPSA) is 52.6 Å². The lowest BCUT2D eigenvalue weighted by molar-refractivity contribution is -0.140. The largest absolute Gasteiger partial charge is 0.457 e. The van der Waals surface area contributed by atoms with E-state index in [-0.39, 0.29) is 13.2 Å². The van der Waals surface area contributed by atoms with Crippen LogP contribution in [-0.4, -0.2) is 25.2 Å². The summed E-state index contributed by atoms with van der Waals surface area (Å²) in [4.78, 5) is 22.3. The van der Waals surface area contributed by atoms with Gasteiger partial charge in [-0.2, -0.15) is 0 Å². The van der Waals surface area contributed by atoms with Gasteiger partial charge in [0, 0.05) is 0 Å². The molecule has 4 nitrogen and oxygen atoms in total. The van der Waals surface area contributed by atoms with Crippen LogP contribution in [0.5, 0.6) is 0 Å². The molecule has 6 heteroatoms. The molecule has 0 rings (SSSR count). The van der Waals surface area contributed by atoms with Crippen molar-refractivity contribution in [2.75, 3.05) is 13.2 Å². The van der Waals surface area contributed by atoms with Gasteiger partial charge < -0.3 is 9.47 Å². The lowest BCUT2D eigenvalue weighted by atomic mass is 10.5. The average molecular weight is 265 g/mol. The van der Waals surface area contributed by atoms with Crippen LogP contribution in [0.1, 0.15) is 0 Å². The third-order valence-electron chi connectivity index (χ3n) is 1.22. The number of carbonyl (C=O) groups is 2. The van der Waals surface area contributed by atoms with Crippen LogP contribution in [0, 0.1) is 0 Å². The van der Waals surface area contributed by atoms with Crippen LogP contribution in [0.3, 0.4) is 0 Å². The molecule has 0 saturated carbocycles. The summed E-state index contributed by atoms with van der Waals surface area (Å²) in [6, 6.07) is 0. The Labute approximate surface area is 103 Å². The number of rotatable bonds is 6. The van der Waals surface area contributed by atoms with Crippen LogP contribution < -0.4 is 0 Å². The van der Waals surface area contributed by atoms with E-state index in [1.54, 1.807) is 0 Å². The minimum Gasteiger partial charge on any atom is -0.457 e. The molecule has 0 amide bonds. The van der Waals surface area contributed by atoms with E-state index in [4.69, 9.17) is 23.2 Å². The molecule has 0 radical (unpaired) electrons. The second kappa shape index (κ2) is 7.96. The number of esters is 2. The van der Waals surface area contributed by atoms with E-state index in [1.807, 2.05) is 0 Å². The van der Waals surface area contributed by atoms with E-state index in [2.05, 4.69) is 22.6 Å². The van der Waals surface area contributed by atoms with Gasteiger partial charge in [-0.1, -0.05) is 48.5 Å². The zero-order chi connectivity index (χ0) is 12.6. The van der Waals surface area contributed by atoms with Gasteiger partial charge in [-0.05, 0) is 0 Å². The molecular formula is C10H10Cl2O4. The van der Waals surface area contributed by atoms with Crippen molar-refractivity contribution in [2.24, 2.45) is 0 Å². The standard InChI is InChI=1S/C10H10Cl2O4/c1-3-5-15-9(13)7(11)8(12)10(14)16-6-4-2/h3-4H,1-2,5-6H2/b8-7+. The molecule has 0 bridgehead atoms. The highest BCUT2D eigenvalue weighted by atomic mass is 35.5. The summed E-state index contributed by atoms with van der Waals surface area (Å²) in [6.07, 6.45) is 2.71. The maximum absolute atomic E-state index is 11.1. The molecule has 16 heavy (non-hydrogen) atoms. The van der Waals surface area contributed by atoms with Crippen molar-refractivity contribution in [2.45, 2.75) is 0 Å². The summed E-state index contributed by atoms with van der Waals surface area (Å²) in [5.74, 6) is -1.83. The first-order valence-electron chi connectivity index (χ1n) is 4.15. The van der Waals surface area contributed by atoms with Crippen LogP contribution in [0.2, 0.25) is 0 Å². The number of carbonyl (C=O) groups excluding carboxylic acids is 2. The van der Waals surface area contributed by atoms with Crippen LogP contribution in [0.15, 0.2) is 35.4 Å². The summed E-state index contributed by atoms with van der Waals surface area (Å²) < 4.78 is 9.14. The molecule has 0 aliphatic heterocycles. The Bertz CT molecular complexity index is 302. The average Bonchev–Trinajstić information content (AvgIpc) is 2.30.